The van der Waals surface area contributed by atoms with Gasteiger partial charge in [-0.15, -0.1) is 10.2 Å². The fourth-order valence-corrected chi connectivity index (χ4v) is 1.48. The number of carbonyl (C=O) groups is 1. The normalized spacial score (nSPS) is 10.0. The van der Waals surface area contributed by atoms with Crippen molar-refractivity contribution >= 4 is 17.6 Å². The first kappa shape index (κ1) is 11.8. The first-order chi connectivity index (χ1) is 8.66. The van der Waals surface area contributed by atoms with Crippen LogP contribution in [-0.4, -0.2) is 21.3 Å². The molecule has 4 N–H and O–H groups in total. The van der Waals surface area contributed by atoms with Gasteiger partial charge in [0.1, 0.15) is 11.4 Å². The second-order valence-corrected chi connectivity index (χ2v) is 3.68. The van der Waals surface area contributed by atoms with Crippen molar-refractivity contribution in [1.82, 2.24) is 10.2 Å². The summed E-state index contributed by atoms with van der Waals surface area (Å²) in [4.78, 5) is 11.0. The highest BCUT2D eigenvalue weighted by Crippen LogP contribution is 2.14. The van der Waals surface area contributed by atoms with Gasteiger partial charge in [-0.05, 0) is 5.56 Å². The lowest BCUT2D eigenvalue weighted by molar-refractivity contribution is 0.0697. The minimum absolute atomic E-state index is 0.0124. The molecule has 0 aliphatic carbocycles. The molecule has 0 aliphatic rings. The lowest BCUT2D eigenvalue weighted by Crippen LogP contribution is -2.10. The SMILES string of the molecule is Nc1cc(C(=O)O)c(NCc2ccccc2)nn1. The monoisotopic (exact) mass is 244 g/mol. The maximum atomic E-state index is 11.0. The van der Waals surface area contributed by atoms with Gasteiger partial charge >= 0.3 is 5.97 Å². The molecule has 92 valence electrons. The van der Waals surface area contributed by atoms with Gasteiger partial charge in [0, 0.05) is 12.6 Å². The van der Waals surface area contributed by atoms with Crippen LogP contribution in [0.15, 0.2) is 36.4 Å². The molecular weight excluding hydrogens is 232 g/mol. The number of anilines is 2. The summed E-state index contributed by atoms with van der Waals surface area (Å²) in [6.07, 6.45) is 0. The Balaban J connectivity index is 2.17. The molecule has 1 heterocycles. The van der Waals surface area contributed by atoms with Crippen LogP contribution < -0.4 is 11.1 Å². The van der Waals surface area contributed by atoms with Gasteiger partial charge in [0.15, 0.2) is 5.82 Å². The molecule has 0 fully saturated rings. The fraction of sp³-hybridized carbons (Fsp3) is 0.0833. The Hall–Kier alpha value is -2.63. The molecule has 0 unspecified atom stereocenters. The van der Waals surface area contributed by atoms with Gasteiger partial charge in [-0.2, -0.15) is 0 Å². The minimum Gasteiger partial charge on any atom is -0.478 e. The number of nitrogen functional groups attached to an aromatic ring is 1. The molecule has 6 heteroatoms. The molecular formula is C12H12N4O2. The van der Waals surface area contributed by atoms with Crippen molar-refractivity contribution in [3.63, 3.8) is 0 Å². The van der Waals surface area contributed by atoms with Crippen molar-refractivity contribution < 1.29 is 9.90 Å². The standard InChI is InChI=1S/C12H12N4O2/c13-10-6-9(12(17)18)11(16-15-10)14-7-8-4-2-1-3-5-8/h1-6H,7H2,(H2,13,15)(H,14,16)(H,17,18). The highest BCUT2D eigenvalue weighted by Gasteiger charge is 2.12. The first-order valence-electron chi connectivity index (χ1n) is 5.31. The third-order valence-electron chi connectivity index (χ3n) is 2.35. The van der Waals surface area contributed by atoms with Gasteiger partial charge in [0.2, 0.25) is 0 Å². The summed E-state index contributed by atoms with van der Waals surface area (Å²) >= 11 is 0. The number of benzene rings is 1. The number of hydrogen-bond donors (Lipinski definition) is 3. The molecule has 2 aromatic rings. The summed E-state index contributed by atoms with van der Waals surface area (Å²) in [7, 11) is 0. The quantitative estimate of drug-likeness (QED) is 0.750. The van der Waals surface area contributed by atoms with E-state index in [0.29, 0.717) is 6.54 Å². The molecule has 1 aromatic carbocycles. The van der Waals surface area contributed by atoms with Gasteiger partial charge in [-0.1, -0.05) is 30.3 Å². The van der Waals surface area contributed by atoms with Crippen LogP contribution in [0.25, 0.3) is 0 Å². The van der Waals surface area contributed by atoms with Crippen LogP contribution >= 0.6 is 0 Å². The molecule has 18 heavy (non-hydrogen) atoms. The molecule has 0 bridgehead atoms. The third kappa shape index (κ3) is 2.73. The predicted molar refractivity (Wildman–Crippen MR) is 67.2 cm³/mol. The molecule has 0 atom stereocenters. The van der Waals surface area contributed by atoms with Crippen molar-refractivity contribution in [2.75, 3.05) is 11.1 Å². The Morgan fingerprint density at radius 2 is 2.00 bits per heavy atom. The molecule has 0 aliphatic heterocycles. The number of aromatic nitrogens is 2. The van der Waals surface area contributed by atoms with E-state index in [9.17, 15) is 4.79 Å². The Bertz CT molecular complexity index is 557. The van der Waals surface area contributed by atoms with E-state index in [2.05, 4.69) is 15.5 Å². The molecule has 2 rings (SSSR count). The Morgan fingerprint density at radius 3 is 2.67 bits per heavy atom. The zero-order chi connectivity index (χ0) is 13.0. The van der Waals surface area contributed by atoms with E-state index < -0.39 is 5.97 Å². The van der Waals surface area contributed by atoms with Crippen LogP contribution in [0.2, 0.25) is 0 Å². The van der Waals surface area contributed by atoms with E-state index in [1.165, 1.54) is 6.07 Å². The number of rotatable bonds is 4. The number of hydrogen-bond acceptors (Lipinski definition) is 5. The fourth-order valence-electron chi connectivity index (χ4n) is 1.48. The largest absolute Gasteiger partial charge is 0.478 e. The highest BCUT2D eigenvalue weighted by atomic mass is 16.4. The predicted octanol–water partition coefficient (Wildman–Crippen LogP) is 1.37. The maximum Gasteiger partial charge on any atom is 0.339 e. The van der Waals surface area contributed by atoms with Gasteiger partial charge in [0.05, 0.1) is 0 Å². The van der Waals surface area contributed by atoms with Gasteiger partial charge in [0.25, 0.3) is 0 Å². The summed E-state index contributed by atoms with van der Waals surface area (Å²) in [6, 6.07) is 10.9. The van der Waals surface area contributed by atoms with Crippen LogP contribution in [0.3, 0.4) is 0 Å². The zero-order valence-corrected chi connectivity index (χ0v) is 9.50. The molecule has 0 amide bonds. The number of aromatic carboxylic acids is 1. The van der Waals surface area contributed by atoms with Crippen LogP contribution in [0.4, 0.5) is 11.6 Å². The van der Waals surface area contributed by atoms with Crippen molar-refractivity contribution in [1.29, 1.82) is 0 Å². The van der Waals surface area contributed by atoms with Gasteiger partial charge in [-0.3, -0.25) is 0 Å². The van der Waals surface area contributed by atoms with E-state index in [0.717, 1.165) is 5.56 Å². The van der Waals surface area contributed by atoms with Gasteiger partial charge in [-0.25, -0.2) is 4.79 Å². The second kappa shape index (κ2) is 5.13. The van der Waals surface area contributed by atoms with E-state index in [1.807, 2.05) is 30.3 Å². The molecule has 1 aromatic heterocycles. The van der Waals surface area contributed by atoms with Crippen molar-refractivity contribution in [3.8, 4) is 0 Å². The summed E-state index contributed by atoms with van der Waals surface area (Å²) < 4.78 is 0. The van der Waals surface area contributed by atoms with Crippen LogP contribution in [0, 0.1) is 0 Å². The lowest BCUT2D eigenvalue weighted by atomic mass is 10.2. The summed E-state index contributed by atoms with van der Waals surface area (Å²) in [5.41, 5.74) is 6.44. The van der Waals surface area contributed by atoms with Crippen molar-refractivity contribution in [2.45, 2.75) is 6.54 Å². The van der Waals surface area contributed by atoms with Gasteiger partial charge < -0.3 is 16.2 Å². The minimum atomic E-state index is -1.09. The number of carboxylic acid groups (broad SMARTS) is 1. The first-order valence-corrected chi connectivity index (χ1v) is 5.31. The number of nitrogens with one attached hydrogen (secondary N) is 1. The summed E-state index contributed by atoms with van der Waals surface area (Å²) in [5, 5.41) is 19.3. The lowest BCUT2D eigenvalue weighted by Gasteiger charge is -2.08. The Kier molecular flexibility index (Phi) is 3.38. The molecule has 6 nitrogen and oxygen atoms in total. The number of nitrogens with zero attached hydrogens (tertiary/aromatic N) is 2. The van der Waals surface area contributed by atoms with Crippen molar-refractivity contribution in [3.05, 3.63) is 47.5 Å². The number of carboxylic acids is 1. The molecule has 0 spiro atoms. The van der Waals surface area contributed by atoms with E-state index >= 15 is 0 Å². The zero-order valence-electron chi connectivity index (χ0n) is 9.50. The third-order valence-corrected chi connectivity index (χ3v) is 2.35. The van der Waals surface area contributed by atoms with Crippen LogP contribution in [0.5, 0.6) is 0 Å². The average molecular weight is 244 g/mol. The number of nitrogens with two attached hydrogens (primary N) is 1. The van der Waals surface area contributed by atoms with E-state index in [4.69, 9.17) is 10.8 Å². The maximum absolute atomic E-state index is 11.0. The highest BCUT2D eigenvalue weighted by molar-refractivity contribution is 5.93. The van der Waals surface area contributed by atoms with E-state index in [1.54, 1.807) is 0 Å². The second-order valence-electron chi connectivity index (χ2n) is 3.68. The average Bonchev–Trinajstić information content (AvgIpc) is 2.38. The Labute approximate surface area is 103 Å². The molecule has 0 radical (unpaired) electrons. The summed E-state index contributed by atoms with van der Waals surface area (Å²) in [6.45, 7) is 0.472. The Morgan fingerprint density at radius 1 is 1.28 bits per heavy atom. The molecule has 0 saturated carbocycles. The van der Waals surface area contributed by atoms with Crippen LogP contribution in [-0.2, 0) is 6.54 Å². The summed E-state index contributed by atoms with van der Waals surface area (Å²) in [5.74, 6) is -0.801. The molecule has 0 saturated heterocycles. The van der Waals surface area contributed by atoms with Crippen molar-refractivity contribution in [2.24, 2.45) is 0 Å². The smallest absolute Gasteiger partial charge is 0.339 e. The topological polar surface area (TPSA) is 101 Å². The van der Waals surface area contributed by atoms with E-state index in [-0.39, 0.29) is 17.2 Å². The van der Waals surface area contributed by atoms with Crippen LogP contribution in [0.1, 0.15) is 15.9 Å².